The van der Waals surface area contributed by atoms with E-state index in [0.29, 0.717) is 12.8 Å². The molecule has 1 nitrogen and oxygen atoms in total. The lowest BCUT2D eigenvalue weighted by Crippen LogP contribution is -2.01. The van der Waals surface area contributed by atoms with Crippen LogP contribution < -0.4 is 0 Å². The smallest absolute Gasteiger partial charge is 0.137 e. The molecule has 0 aliphatic rings. The average Bonchev–Trinajstić information content (AvgIpc) is 2.11. The van der Waals surface area contributed by atoms with Crippen LogP contribution in [0, 0.1) is 3.57 Å². The molecule has 0 saturated carbocycles. The van der Waals surface area contributed by atoms with Gasteiger partial charge in [-0.3, -0.25) is 4.79 Å². The first-order valence-electron chi connectivity index (χ1n) is 4.09. The maximum Gasteiger partial charge on any atom is 0.137 e. The molecule has 70 valence electrons. The van der Waals surface area contributed by atoms with Gasteiger partial charge in [-0.1, -0.05) is 22.9 Å². The summed E-state index contributed by atoms with van der Waals surface area (Å²) in [4.78, 5) is 11.2. The number of carbonyl (C=O) groups excluding carboxylic acids is 1. The number of hydrogen-bond acceptors (Lipinski definition) is 1. The molecule has 0 heterocycles. The molecule has 0 atom stereocenters. The van der Waals surface area contributed by atoms with Gasteiger partial charge < -0.3 is 0 Å². The maximum atomic E-state index is 11.2. The van der Waals surface area contributed by atoms with Crippen LogP contribution in [0.3, 0.4) is 0 Å². The topological polar surface area (TPSA) is 17.1 Å². The molecule has 0 N–H and O–H groups in total. The van der Waals surface area contributed by atoms with E-state index in [0.717, 1.165) is 10.0 Å². The summed E-state index contributed by atoms with van der Waals surface area (Å²) in [5, 5.41) is 0. The van der Waals surface area contributed by atoms with Crippen molar-refractivity contribution in [2.75, 3.05) is 0 Å². The molecule has 0 aliphatic heterocycles. The van der Waals surface area contributed by atoms with E-state index < -0.39 is 0 Å². The number of rotatable bonds is 3. The van der Waals surface area contributed by atoms with E-state index in [-0.39, 0.29) is 5.78 Å². The number of benzene rings is 1. The lowest BCUT2D eigenvalue weighted by molar-refractivity contribution is -0.118. The maximum absolute atomic E-state index is 11.2. The molecule has 0 spiro atoms. The van der Waals surface area contributed by atoms with Crippen molar-refractivity contribution in [1.29, 1.82) is 0 Å². The second kappa shape index (κ2) is 5.10. The van der Waals surface area contributed by atoms with Crippen molar-refractivity contribution in [1.82, 2.24) is 0 Å². The zero-order valence-electron chi connectivity index (χ0n) is 7.31. The predicted octanol–water partition coefficient (Wildman–Crippen LogP) is 3.58. The fourth-order valence-electron chi connectivity index (χ4n) is 1.02. The average molecular weight is 353 g/mol. The standard InChI is InChI=1S/C10H10BrIO/c1-2-9(13)6-7-5-8(12)3-4-10(7)11/h3-5H,2,6H2,1H3. The lowest BCUT2D eigenvalue weighted by Gasteiger charge is -2.03. The Bertz CT molecular complexity index is 323. The highest BCUT2D eigenvalue weighted by molar-refractivity contribution is 14.1. The van der Waals surface area contributed by atoms with E-state index in [1.54, 1.807) is 0 Å². The molecule has 0 aliphatic carbocycles. The molecule has 0 fully saturated rings. The van der Waals surface area contributed by atoms with Crippen LogP contribution in [0.2, 0.25) is 0 Å². The lowest BCUT2D eigenvalue weighted by atomic mass is 10.1. The fraction of sp³-hybridized carbons (Fsp3) is 0.300. The summed E-state index contributed by atoms with van der Waals surface area (Å²) >= 11 is 5.68. The van der Waals surface area contributed by atoms with Crippen molar-refractivity contribution >= 4 is 44.3 Å². The van der Waals surface area contributed by atoms with Gasteiger partial charge in [0.25, 0.3) is 0 Å². The monoisotopic (exact) mass is 352 g/mol. The third-order valence-electron chi connectivity index (χ3n) is 1.79. The van der Waals surface area contributed by atoms with E-state index in [2.05, 4.69) is 38.5 Å². The van der Waals surface area contributed by atoms with Crippen LogP contribution in [0.4, 0.5) is 0 Å². The summed E-state index contributed by atoms with van der Waals surface area (Å²) in [5.41, 5.74) is 1.08. The minimum absolute atomic E-state index is 0.280. The van der Waals surface area contributed by atoms with Crippen molar-refractivity contribution in [2.24, 2.45) is 0 Å². The summed E-state index contributed by atoms with van der Waals surface area (Å²) in [6.07, 6.45) is 1.14. The Labute approximate surface area is 100 Å². The summed E-state index contributed by atoms with van der Waals surface area (Å²) in [7, 11) is 0. The van der Waals surface area contributed by atoms with Crippen LogP contribution in [0.25, 0.3) is 0 Å². The number of Topliss-reactive ketones (excluding diaryl/α,β-unsaturated/α-hetero) is 1. The molecule has 1 rings (SSSR count). The van der Waals surface area contributed by atoms with Gasteiger partial charge in [0.1, 0.15) is 5.78 Å². The Morgan fingerprint density at radius 1 is 1.54 bits per heavy atom. The van der Waals surface area contributed by atoms with Crippen molar-refractivity contribution in [2.45, 2.75) is 19.8 Å². The van der Waals surface area contributed by atoms with Crippen molar-refractivity contribution in [3.63, 3.8) is 0 Å². The molecule has 0 radical (unpaired) electrons. The molecule has 0 amide bonds. The van der Waals surface area contributed by atoms with Crippen LogP contribution in [0.1, 0.15) is 18.9 Å². The molecule has 0 aromatic heterocycles. The predicted molar refractivity (Wildman–Crippen MR) is 65.9 cm³/mol. The second-order valence-corrected chi connectivity index (χ2v) is 4.90. The summed E-state index contributed by atoms with van der Waals surface area (Å²) in [6, 6.07) is 6.04. The second-order valence-electron chi connectivity index (χ2n) is 2.80. The third-order valence-corrected chi connectivity index (χ3v) is 3.23. The van der Waals surface area contributed by atoms with Gasteiger partial charge in [-0.05, 0) is 46.4 Å². The molecule has 0 bridgehead atoms. The van der Waals surface area contributed by atoms with E-state index >= 15 is 0 Å². The number of halogens is 2. The van der Waals surface area contributed by atoms with Gasteiger partial charge >= 0.3 is 0 Å². The van der Waals surface area contributed by atoms with E-state index in [9.17, 15) is 4.79 Å². The first-order chi connectivity index (χ1) is 6.13. The van der Waals surface area contributed by atoms with E-state index in [4.69, 9.17) is 0 Å². The fourth-order valence-corrected chi connectivity index (χ4v) is 1.96. The SMILES string of the molecule is CCC(=O)Cc1cc(I)ccc1Br. The van der Waals surface area contributed by atoms with Crippen LogP contribution in [0.15, 0.2) is 22.7 Å². The van der Waals surface area contributed by atoms with Crippen LogP contribution in [-0.2, 0) is 11.2 Å². The van der Waals surface area contributed by atoms with Gasteiger partial charge in [0.05, 0.1) is 0 Å². The molecule has 0 saturated heterocycles. The van der Waals surface area contributed by atoms with Gasteiger partial charge in [0.15, 0.2) is 0 Å². The Morgan fingerprint density at radius 3 is 2.85 bits per heavy atom. The largest absolute Gasteiger partial charge is 0.299 e. The van der Waals surface area contributed by atoms with Crippen LogP contribution in [-0.4, -0.2) is 5.78 Å². The van der Waals surface area contributed by atoms with Gasteiger partial charge in [0.2, 0.25) is 0 Å². The summed E-state index contributed by atoms with van der Waals surface area (Å²) in [6.45, 7) is 1.89. The minimum Gasteiger partial charge on any atom is -0.299 e. The molecule has 1 aromatic carbocycles. The third kappa shape index (κ3) is 3.38. The molecule has 3 heteroatoms. The Balaban J connectivity index is 2.87. The highest BCUT2D eigenvalue weighted by Crippen LogP contribution is 2.20. The van der Waals surface area contributed by atoms with Crippen molar-refractivity contribution < 1.29 is 4.79 Å². The Hall–Kier alpha value is 0.1000. The molecule has 0 unspecified atom stereocenters. The zero-order chi connectivity index (χ0) is 9.84. The Morgan fingerprint density at radius 2 is 2.23 bits per heavy atom. The first-order valence-corrected chi connectivity index (χ1v) is 5.96. The number of carbonyl (C=O) groups is 1. The highest BCUT2D eigenvalue weighted by Gasteiger charge is 2.05. The molecule has 1 aromatic rings. The quantitative estimate of drug-likeness (QED) is 0.760. The first kappa shape index (κ1) is 11.2. The number of hydrogen-bond donors (Lipinski definition) is 0. The van der Waals surface area contributed by atoms with Crippen LogP contribution >= 0.6 is 38.5 Å². The Kier molecular flexibility index (Phi) is 4.38. The molecule has 13 heavy (non-hydrogen) atoms. The van der Waals surface area contributed by atoms with E-state index in [1.165, 1.54) is 3.57 Å². The van der Waals surface area contributed by atoms with E-state index in [1.807, 2.05) is 25.1 Å². The van der Waals surface area contributed by atoms with Gasteiger partial charge in [-0.2, -0.15) is 0 Å². The summed E-state index contributed by atoms with van der Waals surface area (Å²) in [5.74, 6) is 0.280. The van der Waals surface area contributed by atoms with Crippen molar-refractivity contribution in [3.8, 4) is 0 Å². The van der Waals surface area contributed by atoms with Crippen LogP contribution in [0.5, 0.6) is 0 Å². The minimum atomic E-state index is 0.280. The number of ketones is 1. The van der Waals surface area contributed by atoms with Crippen molar-refractivity contribution in [3.05, 3.63) is 31.8 Å². The normalized spacial score (nSPS) is 10.1. The van der Waals surface area contributed by atoms with Gasteiger partial charge in [0, 0.05) is 20.9 Å². The summed E-state index contributed by atoms with van der Waals surface area (Å²) < 4.78 is 2.19. The van der Waals surface area contributed by atoms with Gasteiger partial charge in [-0.15, -0.1) is 0 Å². The molecular weight excluding hydrogens is 343 g/mol. The highest BCUT2D eigenvalue weighted by atomic mass is 127. The molecular formula is C10H10BrIO. The zero-order valence-corrected chi connectivity index (χ0v) is 11.1. The van der Waals surface area contributed by atoms with Gasteiger partial charge in [-0.25, -0.2) is 0 Å².